The summed E-state index contributed by atoms with van der Waals surface area (Å²) in [4.78, 5) is 24.8. The number of H-pyrrole nitrogens is 1. The summed E-state index contributed by atoms with van der Waals surface area (Å²) in [6.07, 6.45) is 1.78. The maximum Gasteiger partial charge on any atom is 0.342 e. The number of ether oxygens (including phenoxy) is 1. The molecule has 3 heterocycles. The Labute approximate surface area is 178 Å². The van der Waals surface area contributed by atoms with Gasteiger partial charge in [0.05, 0.1) is 35.1 Å². The number of aromatic nitrogens is 4. The number of anilines is 1. The number of nitrogens with zero attached hydrogens (tertiary/aromatic N) is 3. The molecular weight excluding hydrogens is 422 g/mol. The van der Waals surface area contributed by atoms with Gasteiger partial charge in [-0.3, -0.25) is 9.89 Å². The van der Waals surface area contributed by atoms with Crippen LogP contribution in [0.5, 0.6) is 0 Å². The number of carbonyl (C=O) groups is 2. The summed E-state index contributed by atoms with van der Waals surface area (Å²) in [5.74, 6) is -0.798. The van der Waals surface area contributed by atoms with Crippen LogP contribution in [0.2, 0.25) is 0 Å². The van der Waals surface area contributed by atoms with E-state index < -0.39 is 28.3 Å². The van der Waals surface area contributed by atoms with Crippen molar-refractivity contribution in [2.75, 3.05) is 23.4 Å². The van der Waals surface area contributed by atoms with Gasteiger partial charge in [-0.1, -0.05) is 30.3 Å². The minimum atomic E-state index is -3.10. The third kappa shape index (κ3) is 4.66. The minimum absolute atomic E-state index is 0.0191. The van der Waals surface area contributed by atoms with Crippen molar-refractivity contribution < 1.29 is 22.7 Å². The van der Waals surface area contributed by atoms with Gasteiger partial charge >= 0.3 is 5.97 Å². The van der Waals surface area contributed by atoms with Gasteiger partial charge in [0.25, 0.3) is 5.91 Å². The second-order valence-electron chi connectivity index (χ2n) is 7.32. The average Bonchev–Trinajstić information content (AvgIpc) is 3.45. The lowest BCUT2D eigenvalue weighted by atomic mass is 10.1. The smallest absolute Gasteiger partial charge is 0.342 e. The van der Waals surface area contributed by atoms with Crippen LogP contribution in [0, 0.1) is 6.92 Å². The van der Waals surface area contributed by atoms with Crippen molar-refractivity contribution >= 4 is 27.5 Å². The molecule has 1 saturated heterocycles. The molecular formula is C20H21N5O5S. The van der Waals surface area contributed by atoms with Crippen LogP contribution in [-0.4, -0.2) is 58.4 Å². The fraction of sp³-hybridized carbons (Fsp3) is 0.300. The number of sulfone groups is 1. The molecule has 162 valence electrons. The monoisotopic (exact) mass is 443 g/mol. The van der Waals surface area contributed by atoms with E-state index in [-0.39, 0.29) is 23.1 Å². The zero-order valence-corrected chi connectivity index (χ0v) is 17.6. The van der Waals surface area contributed by atoms with Gasteiger partial charge in [0.15, 0.2) is 16.4 Å². The summed E-state index contributed by atoms with van der Waals surface area (Å²) in [5, 5.41) is 13.6. The molecule has 1 atom stereocenters. The summed E-state index contributed by atoms with van der Waals surface area (Å²) >= 11 is 0. The van der Waals surface area contributed by atoms with Crippen LogP contribution in [0.3, 0.4) is 0 Å². The molecule has 0 spiro atoms. The summed E-state index contributed by atoms with van der Waals surface area (Å²) in [6, 6.07) is 10.5. The van der Waals surface area contributed by atoms with Crippen LogP contribution >= 0.6 is 0 Å². The molecule has 0 saturated carbocycles. The van der Waals surface area contributed by atoms with E-state index in [1.54, 1.807) is 13.0 Å². The molecule has 1 aromatic carbocycles. The number of aryl methyl sites for hydroxylation is 1. The third-order valence-corrected chi connectivity index (χ3v) is 6.69. The lowest BCUT2D eigenvalue weighted by molar-refractivity contribution is -0.119. The molecule has 11 heteroatoms. The lowest BCUT2D eigenvalue weighted by Crippen LogP contribution is -2.24. The molecule has 1 amide bonds. The number of nitrogens with one attached hydrogen (secondary N) is 2. The van der Waals surface area contributed by atoms with Crippen molar-refractivity contribution in [3.63, 3.8) is 0 Å². The van der Waals surface area contributed by atoms with E-state index in [9.17, 15) is 18.0 Å². The van der Waals surface area contributed by atoms with E-state index in [0.717, 1.165) is 5.56 Å². The first kappa shape index (κ1) is 20.8. The van der Waals surface area contributed by atoms with Gasteiger partial charge in [-0.25, -0.2) is 17.9 Å². The van der Waals surface area contributed by atoms with Crippen molar-refractivity contribution in [3.05, 3.63) is 53.9 Å². The molecule has 4 rings (SSSR count). The molecule has 1 aliphatic heterocycles. The highest BCUT2D eigenvalue weighted by Gasteiger charge is 2.31. The second kappa shape index (κ2) is 8.34. The predicted octanol–water partition coefficient (Wildman–Crippen LogP) is 1.74. The molecule has 10 nitrogen and oxygen atoms in total. The largest absolute Gasteiger partial charge is 0.452 e. The highest BCUT2D eigenvalue weighted by Crippen LogP contribution is 2.27. The molecule has 31 heavy (non-hydrogen) atoms. The molecule has 0 bridgehead atoms. The van der Waals surface area contributed by atoms with E-state index >= 15 is 0 Å². The van der Waals surface area contributed by atoms with Crippen LogP contribution in [0.25, 0.3) is 11.3 Å². The lowest BCUT2D eigenvalue weighted by Gasteiger charge is -2.13. The van der Waals surface area contributed by atoms with E-state index in [2.05, 4.69) is 20.6 Å². The maximum absolute atomic E-state index is 12.5. The number of amides is 1. The number of hydrogen-bond acceptors (Lipinski definition) is 7. The van der Waals surface area contributed by atoms with Crippen LogP contribution in [0.15, 0.2) is 42.6 Å². The second-order valence-corrected chi connectivity index (χ2v) is 9.55. The Balaban J connectivity index is 1.40. The highest BCUT2D eigenvalue weighted by molar-refractivity contribution is 7.91. The van der Waals surface area contributed by atoms with Gasteiger partial charge in [-0.05, 0) is 13.3 Å². The molecule has 0 radical (unpaired) electrons. The van der Waals surface area contributed by atoms with E-state index in [0.29, 0.717) is 23.6 Å². The number of carbonyl (C=O) groups excluding carboxylic acids is 2. The maximum atomic E-state index is 12.5. The van der Waals surface area contributed by atoms with Crippen LogP contribution in [-0.2, 0) is 19.4 Å². The number of aromatic amines is 1. The van der Waals surface area contributed by atoms with Crippen LogP contribution in [0.1, 0.15) is 28.5 Å². The molecule has 3 aromatic rings. The molecule has 2 N–H and O–H groups in total. The topological polar surface area (TPSA) is 136 Å². The molecule has 1 aliphatic rings. The Kier molecular flexibility index (Phi) is 5.59. The Morgan fingerprint density at radius 3 is 2.77 bits per heavy atom. The van der Waals surface area contributed by atoms with Crippen molar-refractivity contribution in [2.24, 2.45) is 0 Å². The summed E-state index contributed by atoms with van der Waals surface area (Å²) in [6.45, 7) is 1.24. The number of esters is 1. The quantitative estimate of drug-likeness (QED) is 0.554. The van der Waals surface area contributed by atoms with Gasteiger partial charge in [0.1, 0.15) is 11.4 Å². The van der Waals surface area contributed by atoms with Crippen LogP contribution in [0.4, 0.5) is 5.82 Å². The standard InChI is InChI=1S/C20H21N5O5S/c1-13-9-17(25(24-13)15-7-8-31(28,29)12-15)22-18(26)11-30-20(27)16-10-21-23-19(16)14-5-3-2-4-6-14/h2-6,9-10,15H,7-8,11-12H2,1H3,(H,21,23)(H,22,26). The summed E-state index contributed by atoms with van der Waals surface area (Å²) in [7, 11) is -3.10. The van der Waals surface area contributed by atoms with Gasteiger partial charge in [0.2, 0.25) is 0 Å². The Morgan fingerprint density at radius 1 is 1.29 bits per heavy atom. The van der Waals surface area contributed by atoms with Crippen molar-refractivity contribution in [2.45, 2.75) is 19.4 Å². The molecule has 2 aromatic heterocycles. The number of rotatable bonds is 6. The van der Waals surface area contributed by atoms with Crippen molar-refractivity contribution in [3.8, 4) is 11.3 Å². The fourth-order valence-corrected chi connectivity index (χ4v) is 5.20. The number of hydrogen-bond donors (Lipinski definition) is 2. The average molecular weight is 443 g/mol. The Hall–Kier alpha value is -3.47. The first-order valence-electron chi connectivity index (χ1n) is 9.65. The highest BCUT2D eigenvalue weighted by atomic mass is 32.2. The van der Waals surface area contributed by atoms with E-state index in [1.807, 2.05) is 30.3 Å². The fourth-order valence-electron chi connectivity index (χ4n) is 3.51. The first-order valence-corrected chi connectivity index (χ1v) is 11.5. The van der Waals surface area contributed by atoms with Crippen molar-refractivity contribution in [1.82, 2.24) is 20.0 Å². The van der Waals surface area contributed by atoms with Gasteiger partial charge in [-0.15, -0.1) is 0 Å². The SMILES string of the molecule is Cc1cc(NC(=O)COC(=O)c2cn[nH]c2-c2ccccc2)n(C2CCS(=O)(=O)C2)n1. The zero-order valence-electron chi connectivity index (χ0n) is 16.7. The van der Waals surface area contributed by atoms with Crippen LogP contribution < -0.4 is 5.32 Å². The van der Waals surface area contributed by atoms with E-state index in [1.165, 1.54) is 10.9 Å². The first-order chi connectivity index (χ1) is 14.8. The predicted molar refractivity (Wildman–Crippen MR) is 112 cm³/mol. The molecule has 1 fully saturated rings. The van der Waals surface area contributed by atoms with Gasteiger partial charge in [0, 0.05) is 11.6 Å². The molecule has 0 aliphatic carbocycles. The minimum Gasteiger partial charge on any atom is -0.452 e. The zero-order chi connectivity index (χ0) is 22.0. The normalized spacial score (nSPS) is 17.4. The van der Waals surface area contributed by atoms with Gasteiger partial charge < -0.3 is 10.1 Å². The number of benzene rings is 1. The Bertz CT molecular complexity index is 1220. The van der Waals surface area contributed by atoms with Crippen molar-refractivity contribution in [1.29, 1.82) is 0 Å². The molecule has 1 unspecified atom stereocenters. The summed E-state index contributed by atoms with van der Waals surface area (Å²) < 4.78 is 30.2. The van der Waals surface area contributed by atoms with Gasteiger partial charge in [-0.2, -0.15) is 10.2 Å². The summed E-state index contributed by atoms with van der Waals surface area (Å²) in [5.41, 5.74) is 2.13. The Morgan fingerprint density at radius 2 is 2.06 bits per heavy atom. The van der Waals surface area contributed by atoms with E-state index in [4.69, 9.17) is 4.74 Å². The third-order valence-electron chi connectivity index (χ3n) is 4.94.